The highest BCUT2D eigenvalue weighted by atomic mass is 16.6. The Labute approximate surface area is 97.1 Å². The van der Waals surface area contributed by atoms with E-state index in [2.05, 4.69) is 20.3 Å². The Kier molecular flexibility index (Phi) is 2.38. The van der Waals surface area contributed by atoms with Gasteiger partial charge in [-0.15, -0.1) is 0 Å². The van der Waals surface area contributed by atoms with Gasteiger partial charge in [-0.25, -0.2) is 4.63 Å². The van der Waals surface area contributed by atoms with Crippen molar-refractivity contribution in [1.82, 2.24) is 10.3 Å². The van der Waals surface area contributed by atoms with Crippen molar-refractivity contribution in [2.24, 2.45) is 5.73 Å². The molecule has 0 aliphatic rings. The van der Waals surface area contributed by atoms with Crippen LogP contribution in [0.3, 0.4) is 0 Å². The molecular weight excluding hydrogens is 222 g/mol. The first-order valence-corrected chi connectivity index (χ1v) is 5.00. The van der Waals surface area contributed by atoms with Crippen molar-refractivity contribution in [3.8, 4) is 0 Å². The molecule has 1 aromatic carbocycles. The maximum Gasteiger partial charge on any atom is 0.242 e. The van der Waals surface area contributed by atoms with Crippen LogP contribution >= 0.6 is 0 Å². The number of benzene rings is 1. The Balaban J connectivity index is 2.47. The molecule has 0 bridgehead atoms. The van der Waals surface area contributed by atoms with Crippen LogP contribution in [0.15, 0.2) is 16.8 Å². The predicted octanol–water partition coefficient (Wildman–Crippen LogP) is 0.481. The Morgan fingerprint density at radius 1 is 1.35 bits per heavy atom. The van der Waals surface area contributed by atoms with E-state index in [1.807, 2.05) is 0 Å². The minimum atomic E-state index is -0.901. The van der Waals surface area contributed by atoms with E-state index in [-0.39, 0.29) is 0 Å². The first kappa shape index (κ1) is 11.2. The molecule has 17 heavy (non-hydrogen) atoms. The van der Waals surface area contributed by atoms with Gasteiger partial charge in [-0.1, -0.05) is 0 Å². The van der Waals surface area contributed by atoms with Gasteiger partial charge in [-0.3, -0.25) is 4.79 Å². The number of nitrogens with two attached hydrogens (primary N) is 2. The van der Waals surface area contributed by atoms with Crippen LogP contribution in [0, 0.1) is 0 Å². The summed E-state index contributed by atoms with van der Waals surface area (Å²) >= 11 is 0. The topological polar surface area (TPSA) is 120 Å². The minimum absolute atomic E-state index is 0.454. The van der Waals surface area contributed by atoms with E-state index in [1.54, 1.807) is 26.0 Å². The van der Waals surface area contributed by atoms with E-state index in [9.17, 15) is 4.79 Å². The average Bonchev–Trinajstić information content (AvgIpc) is 2.71. The number of hydrogen-bond donors (Lipinski definition) is 3. The van der Waals surface area contributed by atoms with Crippen LogP contribution in [-0.2, 0) is 4.79 Å². The molecule has 0 aliphatic heterocycles. The van der Waals surface area contributed by atoms with E-state index >= 15 is 0 Å². The quantitative estimate of drug-likeness (QED) is 0.665. The summed E-state index contributed by atoms with van der Waals surface area (Å²) in [6, 6.07) is 3.36. The lowest BCUT2D eigenvalue weighted by Crippen LogP contribution is -2.45. The number of hydrogen-bond acceptors (Lipinski definition) is 6. The molecule has 0 fully saturated rings. The molecule has 0 saturated heterocycles. The summed E-state index contributed by atoms with van der Waals surface area (Å²) in [6.07, 6.45) is 0. The van der Waals surface area contributed by atoms with Gasteiger partial charge in [0.2, 0.25) is 5.91 Å². The predicted molar refractivity (Wildman–Crippen MR) is 63.1 cm³/mol. The van der Waals surface area contributed by atoms with E-state index < -0.39 is 11.4 Å². The lowest BCUT2D eigenvalue weighted by atomic mass is 10.0. The number of amides is 1. The fraction of sp³-hybridized carbons (Fsp3) is 0.300. The fourth-order valence-electron chi connectivity index (χ4n) is 1.38. The zero-order valence-electron chi connectivity index (χ0n) is 9.52. The van der Waals surface area contributed by atoms with Crippen LogP contribution in [0.4, 0.5) is 11.4 Å². The second-order valence-electron chi connectivity index (χ2n) is 4.28. The van der Waals surface area contributed by atoms with Crippen LogP contribution in [-0.4, -0.2) is 21.8 Å². The first-order chi connectivity index (χ1) is 7.92. The molecule has 1 amide bonds. The SMILES string of the molecule is CC(C)(Nc1ccc(N)c2nonc12)C(N)=O. The summed E-state index contributed by atoms with van der Waals surface area (Å²) in [6.45, 7) is 3.34. The lowest BCUT2D eigenvalue weighted by Gasteiger charge is -2.23. The number of anilines is 2. The van der Waals surface area contributed by atoms with Gasteiger partial charge < -0.3 is 16.8 Å². The molecule has 7 heteroatoms. The number of nitrogens with one attached hydrogen (secondary N) is 1. The molecule has 2 rings (SSSR count). The third-order valence-electron chi connectivity index (χ3n) is 2.51. The highest BCUT2D eigenvalue weighted by molar-refractivity contribution is 5.97. The summed E-state index contributed by atoms with van der Waals surface area (Å²) < 4.78 is 4.63. The van der Waals surface area contributed by atoms with Crippen molar-refractivity contribution in [3.63, 3.8) is 0 Å². The smallest absolute Gasteiger partial charge is 0.242 e. The van der Waals surface area contributed by atoms with E-state index in [1.165, 1.54) is 0 Å². The Hall–Kier alpha value is -2.31. The molecule has 1 heterocycles. The molecule has 0 aliphatic carbocycles. The second-order valence-corrected chi connectivity index (χ2v) is 4.28. The van der Waals surface area contributed by atoms with Crippen molar-refractivity contribution >= 4 is 28.3 Å². The van der Waals surface area contributed by atoms with Crippen LogP contribution in [0.5, 0.6) is 0 Å². The number of aromatic nitrogens is 2. The second kappa shape index (κ2) is 3.62. The molecule has 0 spiro atoms. The summed E-state index contributed by atoms with van der Waals surface area (Å²) in [5.74, 6) is -0.473. The molecule has 0 atom stereocenters. The molecule has 5 N–H and O–H groups in total. The van der Waals surface area contributed by atoms with Crippen molar-refractivity contribution in [2.75, 3.05) is 11.1 Å². The van der Waals surface area contributed by atoms with Gasteiger partial charge in [-0.2, -0.15) is 0 Å². The van der Waals surface area contributed by atoms with Crippen LogP contribution < -0.4 is 16.8 Å². The standard InChI is InChI=1S/C10H13N5O2/c1-10(2,9(12)16)13-6-4-3-5(11)7-8(6)15-17-14-7/h3-4,13H,11H2,1-2H3,(H2,12,16). The van der Waals surface area contributed by atoms with Crippen molar-refractivity contribution in [1.29, 1.82) is 0 Å². The lowest BCUT2D eigenvalue weighted by molar-refractivity contribution is -0.121. The number of fused-ring (bicyclic) bond motifs is 1. The number of rotatable bonds is 3. The highest BCUT2D eigenvalue weighted by Gasteiger charge is 2.26. The van der Waals surface area contributed by atoms with Gasteiger partial charge in [0.05, 0.1) is 11.4 Å². The third-order valence-corrected chi connectivity index (χ3v) is 2.51. The van der Waals surface area contributed by atoms with Crippen LogP contribution in [0.2, 0.25) is 0 Å². The molecule has 7 nitrogen and oxygen atoms in total. The molecule has 1 aromatic heterocycles. The van der Waals surface area contributed by atoms with Gasteiger partial charge in [0, 0.05) is 0 Å². The minimum Gasteiger partial charge on any atom is -0.397 e. The van der Waals surface area contributed by atoms with Crippen LogP contribution in [0.1, 0.15) is 13.8 Å². The highest BCUT2D eigenvalue weighted by Crippen LogP contribution is 2.27. The number of carbonyl (C=O) groups is 1. The van der Waals surface area contributed by atoms with Gasteiger partial charge in [0.1, 0.15) is 5.54 Å². The summed E-state index contributed by atoms with van der Waals surface area (Å²) in [5.41, 5.74) is 12.1. The van der Waals surface area contributed by atoms with E-state index in [4.69, 9.17) is 11.5 Å². The first-order valence-electron chi connectivity index (χ1n) is 5.00. The van der Waals surface area contributed by atoms with Gasteiger partial charge in [-0.05, 0) is 36.3 Å². The molecule has 90 valence electrons. The molecular formula is C10H13N5O2. The number of primary amides is 1. The number of carbonyl (C=O) groups excluding carboxylic acids is 1. The summed E-state index contributed by atoms with van der Waals surface area (Å²) in [5, 5.41) is 10.4. The Morgan fingerprint density at radius 2 is 2.00 bits per heavy atom. The van der Waals surface area contributed by atoms with Crippen molar-refractivity contribution in [3.05, 3.63) is 12.1 Å². The zero-order chi connectivity index (χ0) is 12.6. The molecule has 0 unspecified atom stereocenters. The number of nitrogen functional groups attached to an aromatic ring is 1. The van der Waals surface area contributed by atoms with Crippen molar-refractivity contribution in [2.45, 2.75) is 19.4 Å². The monoisotopic (exact) mass is 235 g/mol. The van der Waals surface area contributed by atoms with Gasteiger partial charge in [0.15, 0.2) is 11.0 Å². The largest absolute Gasteiger partial charge is 0.397 e. The Morgan fingerprint density at radius 3 is 2.65 bits per heavy atom. The summed E-state index contributed by atoms with van der Waals surface area (Å²) in [4.78, 5) is 11.2. The van der Waals surface area contributed by atoms with Crippen molar-refractivity contribution < 1.29 is 9.42 Å². The van der Waals surface area contributed by atoms with E-state index in [0.29, 0.717) is 22.4 Å². The fourth-order valence-corrected chi connectivity index (χ4v) is 1.38. The molecule has 0 saturated carbocycles. The maximum absolute atomic E-state index is 11.2. The molecule has 0 radical (unpaired) electrons. The Bertz CT molecular complexity index is 575. The number of nitrogens with zero attached hydrogens (tertiary/aromatic N) is 2. The third kappa shape index (κ3) is 1.86. The van der Waals surface area contributed by atoms with Gasteiger partial charge >= 0.3 is 0 Å². The molecule has 2 aromatic rings. The maximum atomic E-state index is 11.2. The summed E-state index contributed by atoms with van der Waals surface area (Å²) in [7, 11) is 0. The van der Waals surface area contributed by atoms with E-state index in [0.717, 1.165) is 0 Å². The normalized spacial score (nSPS) is 11.6. The van der Waals surface area contributed by atoms with Gasteiger partial charge in [0.25, 0.3) is 0 Å². The zero-order valence-corrected chi connectivity index (χ0v) is 9.52. The van der Waals surface area contributed by atoms with Crippen LogP contribution in [0.25, 0.3) is 11.0 Å². The average molecular weight is 235 g/mol.